The summed E-state index contributed by atoms with van der Waals surface area (Å²) in [4.78, 5) is 0. The molecule has 0 heteroatoms. The highest BCUT2D eigenvalue weighted by Crippen LogP contribution is 2.64. The van der Waals surface area contributed by atoms with Crippen molar-refractivity contribution in [2.45, 2.75) is 24.7 Å². The smallest absolute Gasteiger partial charge is 0.0619 e. The van der Waals surface area contributed by atoms with Crippen molar-refractivity contribution in [3.63, 3.8) is 0 Å². The number of hydrogen-bond acceptors (Lipinski definition) is 0. The lowest BCUT2D eigenvalue weighted by atomic mass is 9.70. The second kappa shape index (κ2) is 15.0. The van der Waals surface area contributed by atoms with Gasteiger partial charge in [0.1, 0.15) is 0 Å². The monoisotopic (exact) mass is 1010 g/mol. The summed E-state index contributed by atoms with van der Waals surface area (Å²) >= 11 is 0. The first-order valence-electron chi connectivity index (χ1n) is 28.4. The third-order valence-corrected chi connectivity index (χ3v) is 19.8. The van der Waals surface area contributed by atoms with Crippen LogP contribution in [0.2, 0.25) is 0 Å². The van der Waals surface area contributed by atoms with Gasteiger partial charge in [-0.05, 0) is 212 Å². The van der Waals surface area contributed by atoms with E-state index in [-0.39, 0.29) is 5.41 Å². The molecule has 0 aliphatic heterocycles. The minimum absolute atomic E-state index is 0.299. The molecule has 1 spiro atoms. The van der Waals surface area contributed by atoms with Gasteiger partial charge >= 0.3 is 0 Å². The Morgan fingerprint density at radius 1 is 0.200 bits per heavy atom. The van der Waals surface area contributed by atoms with E-state index in [4.69, 9.17) is 0 Å². The Kier molecular flexibility index (Phi) is 8.10. The van der Waals surface area contributed by atoms with Crippen molar-refractivity contribution in [1.29, 1.82) is 0 Å². The first-order valence-corrected chi connectivity index (χ1v) is 28.4. The van der Waals surface area contributed by atoms with E-state index in [1.807, 2.05) is 0 Å². The van der Waals surface area contributed by atoms with E-state index in [0.29, 0.717) is 0 Å². The molecule has 0 bridgehead atoms. The van der Waals surface area contributed by atoms with Crippen LogP contribution in [0.3, 0.4) is 0 Å². The zero-order chi connectivity index (χ0) is 52.3. The molecule has 0 radical (unpaired) electrons. The van der Waals surface area contributed by atoms with Gasteiger partial charge in [-0.25, -0.2) is 0 Å². The maximum atomic E-state index is 2.62. The van der Waals surface area contributed by atoms with Crippen LogP contribution in [-0.2, 0) is 10.8 Å². The van der Waals surface area contributed by atoms with E-state index >= 15 is 0 Å². The van der Waals surface area contributed by atoms with Crippen LogP contribution in [0.25, 0.3) is 154 Å². The van der Waals surface area contributed by atoms with E-state index in [1.54, 1.807) is 0 Å². The highest BCUT2D eigenvalue weighted by atomic mass is 14.5. The van der Waals surface area contributed by atoms with Gasteiger partial charge in [0.05, 0.1) is 5.41 Å². The molecule has 14 aromatic carbocycles. The van der Waals surface area contributed by atoms with Crippen LogP contribution in [0.4, 0.5) is 0 Å². The second-order valence-electron chi connectivity index (χ2n) is 23.6. The highest BCUT2D eigenvalue weighted by Gasteiger charge is 2.51. The Hall–Kier alpha value is -9.88. The topological polar surface area (TPSA) is 0 Å². The van der Waals surface area contributed by atoms with Crippen molar-refractivity contribution in [3.8, 4) is 111 Å². The summed E-state index contributed by atoms with van der Waals surface area (Å²) in [7, 11) is 0. The largest absolute Gasteiger partial charge is 0.0725 e. The van der Waals surface area contributed by atoms with Crippen molar-refractivity contribution in [3.05, 3.63) is 288 Å². The normalized spacial score (nSPS) is 14.3. The molecule has 368 valence electrons. The van der Waals surface area contributed by atoms with Gasteiger partial charge < -0.3 is 0 Å². The maximum Gasteiger partial charge on any atom is 0.0725 e. The molecule has 0 amide bonds. The molecule has 0 aromatic heterocycles. The standard InChI is InChI=1S/C80H48/c1-79(2)72-41-45(46-33-35-54-53-23-11-14-32-71(53)80(74(54)42-46)69-30-12-9-21-51(69)52-22-10-13-31-70(52)80)34-36-55(72)66-43-67-68(44-73(66)79)78(65-40-38-63-50-20-6-4-18-48(50)57-27-16-29-61(65)76(57)63)59-25-8-7-24-58(59)77(67)64-39-37-62-49-19-5-3-17-47(49)56-26-15-28-60(64)75(56)62/h3-44H,1-2H3. The summed E-state index contributed by atoms with van der Waals surface area (Å²) in [5.74, 6) is 0. The second-order valence-corrected chi connectivity index (χ2v) is 23.6. The first kappa shape index (κ1) is 43.1. The Bertz CT molecular complexity index is 5090. The minimum Gasteiger partial charge on any atom is -0.0619 e. The average molecular weight is 1010 g/mol. The molecule has 0 nitrogen and oxygen atoms in total. The van der Waals surface area contributed by atoms with Crippen molar-refractivity contribution in [2.75, 3.05) is 0 Å². The zero-order valence-electron chi connectivity index (χ0n) is 44.2. The molecule has 0 fully saturated rings. The molecule has 0 unspecified atom stereocenters. The summed E-state index contributed by atoms with van der Waals surface area (Å²) in [6, 6.07) is 98.1. The highest BCUT2D eigenvalue weighted by molar-refractivity contribution is 6.30. The van der Waals surface area contributed by atoms with Gasteiger partial charge in [0.15, 0.2) is 0 Å². The lowest BCUT2D eigenvalue weighted by molar-refractivity contribution is 0.661. The average Bonchev–Trinajstić information content (AvgIpc) is 3.44. The van der Waals surface area contributed by atoms with Gasteiger partial charge in [0.2, 0.25) is 0 Å². The summed E-state index contributed by atoms with van der Waals surface area (Å²) in [6.45, 7) is 4.93. The quantitative estimate of drug-likeness (QED) is 0.155. The Morgan fingerprint density at radius 3 is 1.01 bits per heavy atom. The van der Waals surface area contributed by atoms with E-state index < -0.39 is 5.41 Å². The molecule has 0 heterocycles. The molecule has 80 heavy (non-hydrogen) atoms. The molecule has 14 aromatic rings. The van der Waals surface area contributed by atoms with Crippen molar-refractivity contribution in [2.24, 2.45) is 0 Å². The van der Waals surface area contributed by atoms with Crippen molar-refractivity contribution >= 4 is 43.1 Å². The van der Waals surface area contributed by atoms with Gasteiger partial charge in [-0.2, -0.15) is 0 Å². The zero-order valence-corrected chi connectivity index (χ0v) is 44.2. The lowest BCUT2D eigenvalue weighted by Crippen LogP contribution is -2.25. The van der Waals surface area contributed by atoms with Crippen LogP contribution < -0.4 is 0 Å². The molecular weight excluding hydrogens is 961 g/mol. The lowest BCUT2D eigenvalue weighted by Gasteiger charge is -2.30. The van der Waals surface area contributed by atoms with Crippen molar-refractivity contribution in [1.82, 2.24) is 0 Å². The van der Waals surface area contributed by atoms with Crippen LogP contribution >= 0.6 is 0 Å². The molecule has 0 atom stereocenters. The summed E-state index contributed by atoms with van der Waals surface area (Å²) in [5, 5.41) is 10.4. The third-order valence-electron chi connectivity index (χ3n) is 19.8. The summed E-state index contributed by atoms with van der Waals surface area (Å²) < 4.78 is 0. The SMILES string of the molecule is CC1(C)c2cc(-c3ccc4c(c3)C3(c5ccccc5-c5ccccc53)c3ccccc3-4)ccc2-c2cc3c(-c4ccc5c6c(cccc46)-c4ccccc4-5)c4ccccc4c(-c4ccc5c6c(cccc46)-c4ccccc4-5)c3cc21. The molecule has 19 rings (SSSR count). The minimum atomic E-state index is -0.399. The fraction of sp³-hybridized carbons (Fsp3) is 0.0500. The van der Waals surface area contributed by atoms with E-state index in [2.05, 4.69) is 269 Å². The van der Waals surface area contributed by atoms with Crippen molar-refractivity contribution < 1.29 is 0 Å². The Balaban J connectivity index is 0.859. The number of benzene rings is 14. The molecule has 5 aliphatic rings. The third kappa shape index (κ3) is 5.15. The molecule has 5 aliphatic carbocycles. The van der Waals surface area contributed by atoms with Gasteiger partial charge in [0.25, 0.3) is 0 Å². The van der Waals surface area contributed by atoms with Crippen LogP contribution in [0, 0.1) is 0 Å². The van der Waals surface area contributed by atoms with E-state index in [1.165, 1.54) is 188 Å². The van der Waals surface area contributed by atoms with Crippen LogP contribution in [0.1, 0.15) is 47.2 Å². The summed E-state index contributed by atoms with van der Waals surface area (Å²) in [5.41, 5.74) is 33.7. The van der Waals surface area contributed by atoms with Gasteiger partial charge in [-0.15, -0.1) is 0 Å². The van der Waals surface area contributed by atoms with Gasteiger partial charge in [-0.1, -0.05) is 244 Å². The van der Waals surface area contributed by atoms with E-state index in [0.717, 1.165) is 0 Å². The number of fused-ring (bicyclic) bond motifs is 21. The Labute approximate surface area is 464 Å². The molecule has 0 N–H and O–H groups in total. The molecule has 0 saturated heterocycles. The Morgan fingerprint density at radius 2 is 0.525 bits per heavy atom. The van der Waals surface area contributed by atoms with Crippen LogP contribution in [0.5, 0.6) is 0 Å². The number of hydrogen-bond donors (Lipinski definition) is 0. The fourth-order valence-corrected chi connectivity index (χ4v) is 16.5. The van der Waals surface area contributed by atoms with Gasteiger partial charge in [-0.3, -0.25) is 0 Å². The molecule has 0 saturated carbocycles. The van der Waals surface area contributed by atoms with E-state index in [9.17, 15) is 0 Å². The summed E-state index contributed by atoms with van der Waals surface area (Å²) in [6.07, 6.45) is 0. The maximum absolute atomic E-state index is 2.62. The predicted molar refractivity (Wildman–Crippen MR) is 335 cm³/mol. The van der Waals surface area contributed by atoms with Gasteiger partial charge in [0, 0.05) is 5.41 Å². The fourth-order valence-electron chi connectivity index (χ4n) is 16.5. The van der Waals surface area contributed by atoms with Crippen LogP contribution in [0.15, 0.2) is 255 Å². The predicted octanol–water partition coefficient (Wildman–Crippen LogP) is 21.2. The first-order chi connectivity index (χ1) is 39.5. The molecular formula is C80H48. The van der Waals surface area contributed by atoms with Crippen LogP contribution in [-0.4, -0.2) is 0 Å². The number of rotatable bonds is 3.